The van der Waals surface area contributed by atoms with Crippen molar-refractivity contribution in [1.82, 2.24) is 25.2 Å². The standard InChI is InChI=1S/C11H10ClN5O2/c12-7-1-2-8(13-5-7)9-14-15-16-17(9)6-11(3-4-11)10(18)19/h1-2,5H,3-4,6H2,(H,18,19). The van der Waals surface area contributed by atoms with Gasteiger partial charge in [0.15, 0.2) is 0 Å². The van der Waals surface area contributed by atoms with Crippen LogP contribution in [0.3, 0.4) is 0 Å². The molecule has 2 heterocycles. The van der Waals surface area contributed by atoms with Crippen LogP contribution < -0.4 is 0 Å². The van der Waals surface area contributed by atoms with E-state index >= 15 is 0 Å². The van der Waals surface area contributed by atoms with Gasteiger partial charge in [-0.2, -0.15) is 0 Å². The van der Waals surface area contributed by atoms with Crippen LogP contribution in [0, 0.1) is 5.41 Å². The quantitative estimate of drug-likeness (QED) is 0.905. The van der Waals surface area contributed by atoms with E-state index in [0.717, 1.165) is 0 Å². The molecule has 1 aliphatic rings. The maximum absolute atomic E-state index is 11.2. The molecule has 0 amide bonds. The van der Waals surface area contributed by atoms with E-state index in [4.69, 9.17) is 11.6 Å². The first-order chi connectivity index (χ1) is 9.11. The van der Waals surface area contributed by atoms with Gasteiger partial charge in [-0.3, -0.25) is 9.78 Å². The van der Waals surface area contributed by atoms with Crippen molar-refractivity contribution in [2.75, 3.05) is 0 Å². The lowest BCUT2D eigenvalue weighted by molar-refractivity contribution is -0.144. The van der Waals surface area contributed by atoms with Gasteiger partial charge in [-0.05, 0) is 35.4 Å². The first-order valence-electron chi connectivity index (χ1n) is 5.72. The molecular formula is C11H10ClN5O2. The molecule has 0 unspecified atom stereocenters. The van der Waals surface area contributed by atoms with E-state index in [1.165, 1.54) is 10.9 Å². The fraction of sp³-hybridized carbons (Fsp3) is 0.364. The summed E-state index contributed by atoms with van der Waals surface area (Å²) in [4.78, 5) is 15.3. The van der Waals surface area contributed by atoms with Crippen molar-refractivity contribution in [3.8, 4) is 11.5 Å². The lowest BCUT2D eigenvalue weighted by Crippen LogP contribution is -2.22. The predicted octanol–water partition coefficient (Wildman–Crippen LogP) is 1.25. The van der Waals surface area contributed by atoms with Gasteiger partial charge in [-0.25, -0.2) is 4.68 Å². The summed E-state index contributed by atoms with van der Waals surface area (Å²) in [6.07, 6.45) is 2.80. The average Bonchev–Trinajstić information content (AvgIpc) is 3.03. The molecule has 0 spiro atoms. The smallest absolute Gasteiger partial charge is 0.311 e. The minimum atomic E-state index is -0.807. The summed E-state index contributed by atoms with van der Waals surface area (Å²) in [5.74, 6) is -0.359. The highest BCUT2D eigenvalue weighted by molar-refractivity contribution is 6.30. The molecule has 8 heteroatoms. The molecule has 1 aliphatic carbocycles. The number of halogens is 1. The number of aliphatic carboxylic acids is 1. The van der Waals surface area contributed by atoms with Gasteiger partial charge in [0.25, 0.3) is 0 Å². The van der Waals surface area contributed by atoms with Gasteiger partial charge in [-0.1, -0.05) is 11.6 Å². The molecule has 1 fully saturated rings. The third-order valence-electron chi connectivity index (χ3n) is 3.25. The van der Waals surface area contributed by atoms with Crippen LogP contribution in [-0.4, -0.2) is 36.3 Å². The zero-order chi connectivity index (χ0) is 13.5. The van der Waals surface area contributed by atoms with Gasteiger partial charge in [0.05, 0.1) is 17.0 Å². The number of carbonyl (C=O) groups is 1. The van der Waals surface area contributed by atoms with Crippen LogP contribution in [0.4, 0.5) is 0 Å². The van der Waals surface area contributed by atoms with Gasteiger partial charge in [0, 0.05) is 6.20 Å². The van der Waals surface area contributed by atoms with Crippen LogP contribution in [0.2, 0.25) is 5.02 Å². The van der Waals surface area contributed by atoms with Crippen LogP contribution in [0.1, 0.15) is 12.8 Å². The first kappa shape index (κ1) is 12.0. The van der Waals surface area contributed by atoms with Crippen molar-refractivity contribution in [2.45, 2.75) is 19.4 Å². The molecule has 0 aromatic carbocycles. The molecule has 2 aromatic heterocycles. The molecule has 1 saturated carbocycles. The highest BCUT2D eigenvalue weighted by atomic mass is 35.5. The molecule has 7 nitrogen and oxygen atoms in total. The highest BCUT2D eigenvalue weighted by Gasteiger charge is 2.51. The second-order valence-electron chi connectivity index (χ2n) is 4.61. The van der Waals surface area contributed by atoms with E-state index in [0.29, 0.717) is 29.4 Å². The maximum atomic E-state index is 11.2. The molecule has 19 heavy (non-hydrogen) atoms. The highest BCUT2D eigenvalue weighted by Crippen LogP contribution is 2.47. The lowest BCUT2D eigenvalue weighted by atomic mass is 10.1. The van der Waals surface area contributed by atoms with E-state index in [1.807, 2.05) is 0 Å². The third kappa shape index (κ3) is 2.17. The van der Waals surface area contributed by atoms with E-state index in [9.17, 15) is 9.90 Å². The summed E-state index contributed by atoms with van der Waals surface area (Å²) in [5, 5.41) is 21.0. The summed E-state index contributed by atoms with van der Waals surface area (Å²) in [5.41, 5.74) is -0.160. The van der Waals surface area contributed by atoms with Crippen LogP contribution in [0.25, 0.3) is 11.5 Å². The van der Waals surface area contributed by atoms with Gasteiger partial charge < -0.3 is 5.11 Å². The zero-order valence-electron chi connectivity index (χ0n) is 9.82. The maximum Gasteiger partial charge on any atom is 0.311 e. The number of carboxylic acid groups (broad SMARTS) is 1. The van der Waals surface area contributed by atoms with Gasteiger partial charge in [-0.15, -0.1) is 5.10 Å². The Morgan fingerprint density at radius 3 is 2.84 bits per heavy atom. The second-order valence-corrected chi connectivity index (χ2v) is 5.04. The Labute approximate surface area is 113 Å². The van der Waals surface area contributed by atoms with Crippen molar-refractivity contribution >= 4 is 17.6 Å². The molecule has 3 rings (SSSR count). The zero-order valence-corrected chi connectivity index (χ0v) is 10.6. The van der Waals surface area contributed by atoms with Crippen molar-refractivity contribution in [2.24, 2.45) is 5.41 Å². The summed E-state index contributed by atoms with van der Waals surface area (Å²) < 4.78 is 1.48. The van der Waals surface area contributed by atoms with Crippen molar-refractivity contribution < 1.29 is 9.90 Å². The number of carboxylic acids is 1. The van der Waals surface area contributed by atoms with Crippen LogP contribution in [0.5, 0.6) is 0 Å². The Bertz CT molecular complexity index is 620. The number of nitrogens with zero attached hydrogens (tertiary/aromatic N) is 5. The number of hydrogen-bond acceptors (Lipinski definition) is 5. The Hall–Kier alpha value is -2.02. The predicted molar refractivity (Wildman–Crippen MR) is 65.4 cm³/mol. The van der Waals surface area contributed by atoms with E-state index < -0.39 is 11.4 Å². The largest absolute Gasteiger partial charge is 0.481 e. The average molecular weight is 280 g/mol. The molecule has 0 atom stereocenters. The van der Waals surface area contributed by atoms with Gasteiger partial charge in [0.2, 0.25) is 5.82 Å². The molecular weight excluding hydrogens is 270 g/mol. The molecule has 1 N–H and O–H groups in total. The summed E-state index contributed by atoms with van der Waals surface area (Å²) >= 11 is 5.77. The lowest BCUT2D eigenvalue weighted by Gasteiger charge is -2.10. The molecule has 0 radical (unpaired) electrons. The minimum absolute atomic E-state index is 0.259. The summed E-state index contributed by atoms with van der Waals surface area (Å²) in [6.45, 7) is 0.259. The number of rotatable bonds is 4. The van der Waals surface area contributed by atoms with Gasteiger partial charge in [0.1, 0.15) is 5.69 Å². The normalized spacial score (nSPS) is 16.3. The Balaban J connectivity index is 1.91. The summed E-state index contributed by atoms with van der Waals surface area (Å²) in [7, 11) is 0. The first-order valence-corrected chi connectivity index (χ1v) is 6.10. The van der Waals surface area contributed by atoms with Crippen LogP contribution >= 0.6 is 11.6 Å². The fourth-order valence-electron chi connectivity index (χ4n) is 1.88. The molecule has 0 aliphatic heterocycles. The molecule has 0 bridgehead atoms. The molecule has 98 valence electrons. The number of aromatic nitrogens is 5. The van der Waals surface area contributed by atoms with E-state index in [2.05, 4.69) is 20.5 Å². The third-order valence-corrected chi connectivity index (χ3v) is 3.47. The number of hydrogen-bond donors (Lipinski definition) is 1. The van der Waals surface area contributed by atoms with E-state index in [-0.39, 0.29) is 6.54 Å². The Morgan fingerprint density at radius 2 is 2.26 bits per heavy atom. The fourth-order valence-corrected chi connectivity index (χ4v) is 1.99. The topological polar surface area (TPSA) is 93.8 Å². The van der Waals surface area contributed by atoms with Crippen molar-refractivity contribution in [1.29, 1.82) is 0 Å². The van der Waals surface area contributed by atoms with Crippen LogP contribution in [0.15, 0.2) is 18.3 Å². The van der Waals surface area contributed by atoms with E-state index in [1.54, 1.807) is 12.1 Å². The summed E-state index contributed by atoms with van der Waals surface area (Å²) in [6, 6.07) is 3.39. The second kappa shape index (κ2) is 4.27. The monoisotopic (exact) mass is 279 g/mol. The Kier molecular flexibility index (Phi) is 2.70. The van der Waals surface area contributed by atoms with Crippen molar-refractivity contribution in [3.05, 3.63) is 23.4 Å². The SMILES string of the molecule is O=C(O)C1(Cn2nnnc2-c2ccc(Cl)cn2)CC1. The number of tetrazole rings is 1. The minimum Gasteiger partial charge on any atom is -0.481 e. The van der Waals surface area contributed by atoms with Crippen LogP contribution in [-0.2, 0) is 11.3 Å². The van der Waals surface area contributed by atoms with Gasteiger partial charge >= 0.3 is 5.97 Å². The Morgan fingerprint density at radius 1 is 1.47 bits per heavy atom. The number of pyridine rings is 1. The van der Waals surface area contributed by atoms with Crippen molar-refractivity contribution in [3.63, 3.8) is 0 Å². The molecule has 0 saturated heterocycles. The molecule has 2 aromatic rings.